The molecule has 3 aromatic rings. The standard InChI is InChI=1S/C21H20N2O5S2/c1-28-18-9-8-15(13-17(18)23-10-4-5-11-30(23,26)27)22-20(24)19-12-14-6-2-3-7-16(14)21(25)29-19/h2-3,6-9,12-13H,4-5,10-11H2,1H3,(H,22,24). The second-order valence-electron chi connectivity index (χ2n) is 6.92. The van der Waals surface area contributed by atoms with Crippen molar-refractivity contribution in [2.45, 2.75) is 12.8 Å². The number of nitrogens with one attached hydrogen (secondary N) is 1. The smallest absolute Gasteiger partial charge is 0.265 e. The Morgan fingerprint density at radius 3 is 2.70 bits per heavy atom. The number of benzene rings is 2. The van der Waals surface area contributed by atoms with Gasteiger partial charge < -0.3 is 10.1 Å². The van der Waals surface area contributed by atoms with Gasteiger partial charge in [0.05, 0.1) is 23.4 Å². The lowest BCUT2D eigenvalue weighted by molar-refractivity contribution is 0.103. The Morgan fingerprint density at radius 2 is 1.93 bits per heavy atom. The molecular formula is C21H20N2O5S2. The predicted octanol–water partition coefficient (Wildman–Crippen LogP) is 3.45. The maximum Gasteiger partial charge on any atom is 0.265 e. The molecule has 1 aliphatic rings. The van der Waals surface area contributed by atoms with Crippen LogP contribution in [0.3, 0.4) is 0 Å². The number of anilines is 2. The van der Waals surface area contributed by atoms with Crippen molar-refractivity contribution < 1.29 is 17.9 Å². The summed E-state index contributed by atoms with van der Waals surface area (Å²) in [6.45, 7) is 0.363. The number of hydrogen-bond acceptors (Lipinski definition) is 6. The van der Waals surface area contributed by atoms with Gasteiger partial charge in [0.2, 0.25) is 14.8 Å². The van der Waals surface area contributed by atoms with Crippen LogP contribution < -0.4 is 19.1 Å². The van der Waals surface area contributed by atoms with Crippen molar-refractivity contribution >= 4 is 49.4 Å². The maximum absolute atomic E-state index is 12.8. The Bertz CT molecular complexity index is 1280. The lowest BCUT2D eigenvalue weighted by Crippen LogP contribution is -2.38. The highest BCUT2D eigenvalue weighted by Crippen LogP contribution is 2.35. The van der Waals surface area contributed by atoms with E-state index in [1.807, 2.05) is 6.07 Å². The number of methoxy groups -OCH3 is 1. The molecule has 7 nitrogen and oxygen atoms in total. The van der Waals surface area contributed by atoms with Crippen molar-refractivity contribution in [2.75, 3.05) is 29.0 Å². The van der Waals surface area contributed by atoms with Gasteiger partial charge in [0.25, 0.3) is 5.91 Å². The number of hydrogen-bond donors (Lipinski definition) is 1. The summed E-state index contributed by atoms with van der Waals surface area (Å²) in [6, 6.07) is 13.6. The zero-order valence-electron chi connectivity index (χ0n) is 16.3. The molecule has 2 heterocycles. The second-order valence-corrected chi connectivity index (χ2v) is 9.95. The molecule has 0 aliphatic carbocycles. The Kier molecular flexibility index (Phi) is 5.48. The summed E-state index contributed by atoms with van der Waals surface area (Å²) >= 11 is 0.875. The summed E-state index contributed by atoms with van der Waals surface area (Å²) in [5.74, 6) is 0.0620. The quantitative estimate of drug-likeness (QED) is 0.665. The number of fused-ring (bicyclic) bond motifs is 1. The third-order valence-corrected chi connectivity index (χ3v) is 7.73. The van der Waals surface area contributed by atoms with E-state index in [9.17, 15) is 18.0 Å². The monoisotopic (exact) mass is 444 g/mol. The Balaban J connectivity index is 1.67. The lowest BCUT2D eigenvalue weighted by atomic mass is 10.2. The summed E-state index contributed by atoms with van der Waals surface area (Å²) in [6.07, 6.45) is 1.38. The third kappa shape index (κ3) is 3.90. The molecule has 1 fully saturated rings. The van der Waals surface area contributed by atoms with E-state index in [-0.39, 0.29) is 15.4 Å². The topological polar surface area (TPSA) is 92.8 Å². The number of rotatable bonds is 4. The van der Waals surface area contributed by atoms with Crippen molar-refractivity contribution in [3.63, 3.8) is 0 Å². The van der Waals surface area contributed by atoms with E-state index in [4.69, 9.17) is 4.74 Å². The van der Waals surface area contributed by atoms with Gasteiger partial charge in [-0.2, -0.15) is 0 Å². The van der Waals surface area contributed by atoms with E-state index in [1.54, 1.807) is 42.5 Å². The number of nitrogens with zero attached hydrogens (tertiary/aromatic N) is 1. The molecule has 1 N–H and O–H groups in total. The van der Waals surface area contributed by atoms with Crippen LogP contribution in [0.1, 0.15) is 22.5 Å². The first-order valence-corrected chi connectivity index (χ1v) is 11.8. The Labute approximate surface area is 178 Å². The van der Waals surface area contributed by atoms with Gasteiger partial charge >= 0.3 is 0 Å². The van der Waals surface area contributed by atoms with E-state index in [1.165, 1.54) is 11.4 Å². The number of sulfonamides is 1. The molecule has 1 aromatic heterocycles. The molecule has 156 valence electrons. The molecular weight excluding hydrogens is 424 g/mol. The van der Waals surface area contributed by atoms with Gasteiger partial charge in [-0.25, -0.2) is 8.42 Å². The maximum atomic E-state index is 12.8. The minimum absolute atomic E-state index is 0.0811. The predicted molar refractivity (Wildman–Crippen MR) is 119 cm³/mol. The summed E-state index contributed by atoms with van der Waals surface area (Å²) in [4.78, 5) is 25.4. The van der Waals surface area contributed by atoms with E-state index < -0.39 is 15.9 Å². The molecule has 9 heteroatoms. The van der Waals surface area contributed by atoms with Crippen LogP contribution in [0.2, 0.25) is 0 Å². The molecule has 1 aliphatic heterocycles. The van der Waals surface area contributed by atoms with E-state index in [0.717, 1.165) is 17.8 Å². The normalized spacial score (nSPS) is 15.7. The number of carbonyl (C=O) groups excluding carboxylic acids is 1. The first-order valence-electron chi connectivity index (χ1n) is 9.42. The summed E-state index contributed by atoms with van der Waals surface area (Å²) in [5, 5.41) is 4.03. The van der Waals surface area contributed by atoms with Crippen LogP contribution in [0, 0.1) is 0 Å². The molecule has 1 saturated heterocycles. The van der Waals surface area contributed by atoms with Gasteiger partial charge in [0, 0.05) is 17.6 Å². The highest BCUT2D eigenvalue weighted by Gasteiger charge is 2.28. The summed E-state index contributed by atoms with van der Waals surface area (Å²) in [7, 11) is -1.96. The molecule has 0 spiro atoms. The lowest BCUT2D eigenvalue weighted by Gasteiger charge is -2.29. The second kappa shape index (κ2) is 8.08. The van der Waals surface area contributed by atoms with Gasteiger partial charge in [-0.05, 0) is 48.6 Å². The largest absolute Gasteiger partial charge is 0.495 e. The fourth-order valence-corrected chi connectivity index (χ4v) is 5.93. The average molecular weight is 445 g/mol. The molecule has 2 aromatic carbocycles. The van der Waals surface area contributed by atoms with E-state index in [0.29, 0.717) is 40.9 Å². The van der Waals surface area contributed by atoms with E-state index >= 15 is 0 Å². The van der Waals surface area contributed by atoms with Gasteiger partial charge in [0.15, 0.2) is 0 Å². The molecule has 0 radical (unpaired) electrons. The number of ether oxygens (including phenoxy) is 1. The number of amides is 1. The first-order chi connectivity index (χ1) is 14.4. The number of carbonyl (C=O) groups is 1. The molecule has 4 rings (SSSR count). The molecule has 0 unspecified atom stereocenters. The van der Waals surface area contributed by atoms with Crippen LogP contribution in [0.4, 0.5) is 11.4 Å². The third-order valence-electron chi connectivity index (χ3n) is 4.95. The summed E-state index contributed by atoms with van der Waals surface area (Å²) < 4.78 is 31.5. The van der Waals surface area contributed by atoms with Crippen molar-refractivity contribution in [1.82, 2.24) is 0 Å². The summed E-state index contributed by atoms with van der Waals surface area (Å²) in [5.41, 5.74) is 0.811. The van der Waals surface area contributed by atoms with Gasteiger partial charge in [-0.1, -0.05) is 29.5 Å². The fraction of sp³-hybridized carbons (Fsp3) is 0.238. The van der Waals surface area contributed by atoms with E-state index in [2.05, 4.69) is 5.32 Å². The van der Waals surface area contributed by atoms with Crippen LogP contribution in [0.25, 0.3) is 10.8 Å². The van der Waals surface area contributed by atoms with Crippen LogP contribution in [0.5, 0.6) is 5.75 Å². The first kappa shape index (κ1) is 20.4. The molecule has 0 bridgehead atoms. The Hall–Kier alpha value is -2.91. The van der Waals surface area contributed by atoms with Crippen molar-refractivity contribution in [3.8, 4) is 5.75 Å². The minimum Gasteiger partial charge on any atom is -0.495 e. The minimum atomic E-state index is -3.44. The van der Waals surface area contributed by atoms with Crippen molar-refractivity contribution in [2.24, 2.45) is 0 Å². The highest BCUT2D eigenvalue weighted by atomic mass is 32.2. The molecule has 1 amide bonds. The molecule has 30 heavy (non-hydrogen) atoms. The highest BCUT2D eigenvalue weighted by molar-refractivity contribution is 7.92. The zero-order chi connectivity index (χ0) is 21.3. The van der Waals surface area contributed by atoms with Crippen LogP contribution in [-0.2, 0) is 10.0 Å². The average Bonchev–Trinajstić information content (AvgIpc) is 2.73. The fourth-order valence-electron chi connectivity index (χ4n) is 3.46. The van der Waals surface area contributed by atoms with Gasteiger partial charge in [-0.3, -0.25) is 13.9 Å². The van der Waals surface area contributed by atoms with Crippen LogP contribution in [0.15, 0.2) is 53.3 Å². The SMILES string of the molecule is COc1ccc(NC(=O)c2cc3ccccc3c(=O)s2)cc1N1CCCCS1(=O)=O. The Morgan fingerprint density at radius 1 is 1.13 bits per heavy atom. The van der Waals surface area contributed by atoms with Crippen LogP contribution in [-0.4, -0.2) is 33.7 Å². The molecule has 0 saturated carbocycles. The van der Waals surface area contributed by atoms with Crippen molar-refractivity contribution in [3.05, 3.63) is 62.9 Å². The van der Waals surface area contributed by atoms with Gasteiger partial charge in [0.1, 0.15) is 5.75 Å². The van der Waals surface area contributed by atoms with Crippen LogP contribution >= 0.6 is 11.3 Å². The zero-order valence-corrected chi connectivity index (χ0v) is 17.9. The molecule has 0 atom stereocenters. The van der Waals surface area contributed by atoms with Crippen molar-refractivity contribution in [1.29, 1.82) is 0 Å². The van der Waals surface area contributed by atoms with Gasteiger partial charge in [-0.15, -0.1) is 0 Å².